The summed E-state index contributed by atoms with van der Waals surface area (Å²) in [7, 11) is 0. The van der Waals surface area contributed by atoms with Crippen LogP contribution in [0.4, 0.5) is 0 Å². The van der Waals surface area contributed by atoms with Crippen molar-refractivity contribution in [2.75, 3.05) is 26.4 Å². The van der Waals surface area contributed by atoms with Gasteiger partial charge in [-0.15, -0.1) is 0 Å². The van der Waals surface area contributed by atoms with Crippen molar-refractivity contribution in [1.29, 1.82) is 0 Å². The average molecular weight is 1240 g/mol. The maximum atomic E-state index is 13.8. The molecule has 3 rings (SSSR count). The second-order valence-electron chi connectivity index (χ2n) is 25.0. The zero-order valence-corrected chi connectivity index (χ0v) is 52.9. The summed E-state index contributed by atoms with van der Waals surface area (Å²) in [4.78, 5) is 26.2. The van der Waals surface area contributed by atoms with Crippen molar-refractivity contribution in [3.63, 3.8) is 0 Å². The van der Waals surface area contributed by atoms with Crippen molar-refractivity contribution in [1.82, 2.24) is 10.6 Å². The highest BCUT2D eigenvalue weighted by Crippen LogP contribution is 2.34. The van der Waals surface area contributed by atoms with Crippen LogP contribution in [0.5, 0.6) is 0 Å². The van der Waals surface area contributed by atoms with Gasteiger partial charge in [-0.05, 0) is 12.8 Å². The van der Waals surface area contributed by atoms with Crippen LogP contribution in [-0.4, -0.2) is 216 Å². The first-order valence-electron chi connectivity index (χ1n) is 34.0. The van der Waals surface area contributed by atoms with Gasteiger partial charge < -0.3 is 100 Å². The predicted octanol–water partition coefficient (Wildman–Crippen LogP) is 5.25. The SMILES string of the molecule is CCCCCCCCCCCCCCCCCCCCCCCC[C@@H](O)C(=O)N[C@@H](CO[C@H]1O[C@H](CO)[C@H](O)[C@H](O[C@H]2O[C@H](CO)[C@H](O)[C@H](O)[C@H]2NC(C)=O)[C@H]1O[C@H]1O[C@H](CO)[C@@H](O)[C@H](O)[C@H]1O)[C@H](O)[C@H](O)CCCCCCCCCCCCCC. The van der Waals surface area contributed by atoms with Gasteiger partial charge in [0.25, 0.3) is 0 Å². The van der Waals surface area contributed by atoms with Crippen molar-refractivity contribution >= 4 is 11.8 Å². The molecule has 0 aromatic heterocycles. The number of carbonyl (C=O) groups is 2. The molecule has 0 spiro atoms. The molecule has 3 heterocycles. The molecular formula is C64H122N2O20. The summed E-state index contributed by atoms with van der Waals surface area (Å²) in [5.41, 5.74) is 0. The van der Waals surface area contributed by atoms with Gasteiger partial charge >= 0.3 is 0 Å². The molecule has 19 atom stereocenters. The van der Waals surface area contributed by atoms with Gasteiger partial charge in [-0.2, -0.15) is 0 Å². The van der Waals surface area contributed by atoms with E-state index in [-0.39, 0.29) is 12.8 Å². The van der Waals surface area contributed by atoms with Crippen molar-refractivity contribution in [3.05, 3.63) is 0 Å². The van der Waals surface area contributed by atoms with E-state index >= 15 is 0 Å². The second kappa shape index (κ2) is 47.2. The molecule has 2 amide bonds. The highest BCUT2D eigenvalue weighted by molar-refractivity contribution is 5.80. The van der Waals surface area contributed by atoms with Crippen LogP contribution < -0.4 is 10.6 Å². The van der Waals surface area contributed by atoms with Crippen LogP contribution in [0, 0.1) is 0 Å². The highest BCUT2D eigenvalue weighted by Gasteiger charge is 2.55. The third-order valence-corrected chi connectivity index (χ3v) is 17.5. The molecule has 0 aliphatic carbocycles. The molecule has 22 heteroatoms. The summed E-state index contributed by atoms with van der Waals surface area (Å²) in [6.45, 7) is 2.28. The Morgan fingerprint density at radius 3 is 1.21 bits per heavy atom. The van der Waals surface area contributed by atoms with E-state index in [1.54, 1.807) is 0 Å². The second-order valence-corrected chi connectivity index (χ2v) is 25.0. The average Bonchev–Trinajstić information content (AvgIpc) is 3.20. The summed E-state index contributed by atoms with van der Waals surface area (Å²) in [5, 5.41) is 136. The number of hydrogen-bond acceptors (Lipinski definition) is 20. The third kappa shape index (κ3) is 29.7. The number of aliphatic hydroxyl groups is 12. The summed E-state index contributed by atoms with van der Waals surface area (Å²) >= 11 is 0. The molecule has 22 nitrogen and oxygen atoms in total. The van der Waals surface area contributed by atoms with Gasteiger partial charge in [-0.1, -0.05) is 232 Å². The largest absolute Gasteiger partial charge is 0.394 e. The van der Waals surface area contributed by atoms with Crippen LogP contribution in [-0.2, 0) is 38.0 Å². The van der Waals surface area contributed by atoms with E-state index in [2.05, 4.69) is 24.5 Å². The minimum atomic E-state index is -2.03. The lowest BCUT2D eigenvalue weighted by Gasteiger charge is -2.49. The van der Waals surface area contributed by atoms with E-state index in [9.17, 15) is 70.9 Å². The lowest BCUT2D eigenvalue weighted by Crippen LogP contribution is -2.69. The maximum absolute atomic E-state index is 13.8. The van der Waals surface area contributed by atoms with E-state index in [0.29, 0.717) is 12.8 Å². The van der Waals surface area contributed by atoms with Crippen molar-refractivity contribution in [3.8, 4) is 0 Å². The predicted molar refractivity (Wildman–Crippen MR) is 324 cm³/mol. The normalized spacial score (nSPS) is 29.4. The molecule has 14 N–H and O–H groups in total. The van der Waals surface area contributed by atoms with Crippen LogP contribution >= 0.6 is 0 Å². The molecule has 86 heavy (non-hydrogen) atoms. The van der Waals surface area contributed by atoms with Crippen LogP contribution in [0.15, 0.2) is 0 Å². The molecule has 0 unspecified atom stereocenters. The Bertz CT molecular complexity index is 1680. The molecule has 0 aromatic rings. The molecule has 3 fully saturated rings. The molecule has 0 aromatic carbocycles. The molecule has 508 valence electrons. The topological polar surface area (TPSA) is 356 Å². The molecule has 3 aliphatic rings. The summed E-state index contributed by atoms with van der Waals surface area (Å²) in [6, 6.07) is -3.01. The van der Waals surface area contributed by atoms with E-state index in [1.807, 2.05) is 0 Å². The first kappa shape index (κ1) is 78.5. The molecule has 0 saturated carbocycles. The number of nitrogens with one attached hydrogen (secondary N) is 2. The van der Waals surface area contributed by atoms with E-state index < -0.39 is 155 Å². The summed E-state index contributed by atoms with van der Waals surface area (Å²) in [5.74, 6) is -1.55. The monoisotopic (exact) mass is 1240 g/mol. The van der Waals surface area contributed by atoms with Crippen molar-refractivity contribution < 1.29 is 99.3 Å². The van der Waals surface area contributed by atoms with Gasteiger partial charge in [0.15, 0.2) is 18.9 Å². The molecule has 3 saturated heterocycles. The minimum Gasteiger partial charge on any atom is -0.394 e. The Hall–Kier alpha value is -1.78. The first-order valence-corrected chi connectivity index (χ1v) is 34.0. The van der Waals surface area contributed by atoms with Crippen LogP contribution in [0.3, 0.4) is 0 Å². The zero-order valence-electron chi connectivity index (χ0n) is 52.9. The van der Waals surface area contributed by atoms with Crippen LogP contribution in [0.2, 0.25) is 0 Å². The standard InChI is InChI=1S/C64H122N2O20/c1-4-6-8-10-12-14-16-18-19-20-21-22-23-24-25-26-27-29-31-33-35-37-39-47(72)61(80)66-45(52(73)46(71)38-36-34-32-30-28-17-15-13-11-9-7-5-2)43-81-64-60(86-63-58(79)57(78)54(75)49(41-68)83-63)59(55(76)50(42-69)84-64)85-62-51(65-44(3)70)56(77)53(74)48(40-67)82-62/h45-60,62-64,67-69,71-79H,4-43H2,1-3H3,(H,65,70)(H,66,80)/t45-,46+,47+,48+,49+,50+,51+,52-,53-,54+,55-,56+,57-,58+,59-,60+,62+,63+,64-/m0/s1. The van der Waals surface area contributed by atoms with Gasteiger partial charge in [0, 0.05) is 6.92 Å². The smallest absolute Gasteiger partial charge is 0.249 e. The summed E-state index contributed by atoms with van der Waals surface area (Å²) in [6.07, 6.45) is 10.6. The third-order valence-electron chi connectivity index (χ3n) is 17.5. The van der Waals surface area contributed by atoms with E-state index in [1.165, 1.54) is 148 Å². The number of ether oxygens (including phenoxy) is 6. The fourth-order valence-corrected chi connectivity index (χ4v) is 12.0. The molecule has 0 radical (unpaired) electrons. The number of rotatable bonds is 51. The Kier molecular flexibility index (Phi) is 43.0. The lowest BCUT2D eigenvalue weighted by molar-refractivity contribution is -0.387. The number of amides is 2. The van der Waals surface area contributed by atoms with E-state index in [0.717, 1.165) is 64.7 Å². The Labute approximate surface area is 514 Å². The zero-order chi connectivity index (χ0) is 63.1. The Balaban J connectivity index is 1.68. The quantitative estimate of drug-likeness (QED) is 0.0346. The lowest BCUT2D eigenvalue weighted by atomic mass is 9.95. The fraction of sp³-hybridized carbons (Fsp3) is 0.969. The number of aliphatic hydroxyl groups excluding tert-OH is 12. The van der Waals surface area contributed by atoms with Gasteiger partial charge in [-0.3, -0.25) is 9.59 Å². The molecular weight excluding hydrogens is 1120 g/mol. The van der Waals surface area contributed by atoms with Crippen molar-refractivity contribution in [2.24, 2.45) is 0 Å². The van der Waals surface area contributed by atoms with Crippen molar-refractivity contribution in [2.45, 2.75) is 368 Å². The van der Waals surface area contributed by atoms with Crippen LogP contribution in [0.1, 0.15) is 252 Å². The summed E-state index contributed by atoms with van der Waals surface area (Å²) < 4.78 is 36.0. The highest BCUT2D eigenvalue weighted by atomic mass is 16.8. The van der Waals surface area contributed by atoms with Gasteiger partial charge in [-0.25, -0.2) is 0 Å². The van der Waals surface area contributed by atoms with Gasteiger partial charge in [0.05, 0.1) is 38.6 Å². The van der Waals surface area contributed by atoms with Gasteiger partial charge in [0.2, 0.25) is 11.8 Å². The molecule has 3 aliphatic heterocycles. The van der Waals surface area contributed by atoms with E-state index in [4.69, 9.17) is 28.4 Å². The first-order chi connectivity index (χ1) is 41.5. The van der Waals surface area contributed by atoms with Crippen LogP contribution in [0.25, 0.3) is 0 Å². The number of carbonyl (C=O) groups excluding carboxylic acids is 2. The van der Waals surface area contributed by atoms with Gasteiger partial charge in [0.1, 0.15) is 85.4 Å². The maximum Gasteiger partial charge on any atom is 0.249 e. The minimum absolute atomic E-state index is 0.122. The molecule has 0 bridgehead atoms. The fourth-order valence-electron chi connectivity index (χ4n) is 12.0. The Morgan fingerprint density at radius 1 is 0.430 bits per heavy atom. The number of hydrogen-bond donors (Lipinski definition) is 14. The Morgan fingerprint density at radius 2 is 0.791 bits per heavy atom. The number of unbranched alkanes of at least 4 members (excludes halogenated alkanes) is 32.